The van der Waals surface area contributed by atoms with Gasteiger partial charge in [0.2, 0.25) is 0 Å². The lowest BCUT2D eigenvalue weighted by Crippen LogP contribution is -2.24. The molecule has 0 saturated heterocycles. The van der Waals surface area contributed by atoms with E-state index in [-0.39, 0.29) is 5.91 Å². The molecule has 0 aliphatic carbocycles. The van der Waals surface area contributed by atoms with Crippen LogP contribution in [-0.2, 0) is 11.3 Å². The Kier molecular flexibility index (Phi) is 7.10. The van der Waals surface area contributed by atoms with Gasteiger partial charge in [-0.1, -0.05) is 56.3 Å². The number of nitrogens with two attached hydrogens (primary N) is 1. The maximum atomic E-state index is 13.0. The summed E-state index contributed by atoms with van der Waals surface area (Å²) in [5.41, 5.74) is 12.8. The molecule has 1 heterocycles. The largest absolute Gasteiger partial charge is 0.399 e. The number of carbonyl (C=O) groups excluding carboxylic acids is 1. The number of nitrogen functional groups attached to an aromatic ring is 1. The van der Waals surface area contributed by atoms with Gasteiger partial charge < -0.3 is 16.4 Å². The SMILES string of the molecule is CCCN(CCC)Cc1ccc(NC(=C2C(=O)Nc3ccc(N)cc32)c2ccccc2)cc1. The Bertz CT molecular complexity index is 1130. The van der Waals surface area contributed by atoms with Gasteiger partial charge in [-0.2, -0.15) is 0 Å². The van der Waals surface area contributed by atoms with E-state index in [0.717, 1.165) is 60.7 Å². The van der Waals surface area contributed by atoms with Crippen molar-refractivity contribution in [3.8, 4) is 0 Å². The van der Waals surface area contributed by atoms with Crippen LogP contribution in [-0.4, -0.2) is 23.9 Å². The highest BCUT2D eigenvalue weighted by Gasteiger charge is 2.28. The van der Waals surface area contributed by atoms with Gasteiger partial charge in [-0.05, 0) is 67.4 Å². The van der Waals surface area contributed by atoms with Crippen molar-refractivity contribution in [3.05, 3.63) is 89.5 Å². The summed E-state index contributed by atoms with van der Waals surface area (Å²) >= 11 is 0. The van der Waals surface area contributed by atoms with Gasteiger partial charge in [0.15, 0.2) is 0 Å². The molecule has 1 aliphatic rings. The summed E-state index contributed by atoms with van der Waals surface area (Å²) in [6.07, 6.45) is 2.31. The molecule has 0 saturated carbocycles. The van der Waals surface area contributed by atoms with Gasteiger partial charge in [0.25, 0.3) is 5.91 Å². The molecule has 4 rings (SSSR count). The average Bonchev–Trinajstić information content (AvgIpc) is 3.14. The Morgan fingerprint density at radius 3 is 2.30 bits per heavy atom. The number of carbonyl (C=O) groups is 1. The van der Waals surface area contributed by atoms with Gasteiger partial charge in [0.05, 0.1) is 11.3 Å². The second-order valence-corrected chi connectivity index (χ2v) is 8.47. The van der Waals surface area contributed by atoms with Crippen molar-refractivity contribution in [2.75, 3.05) is 29.5 Å². The van der Waals surface area contributed by atoms with Crippen LogP contribution in [0.2, 0.25) is 0 Å². The first kappa shape index (κ1) is 22.6. The van der Waals surface area contributed by atoms with Crippen molar-refractivity contribution in [1.29, 1.82) is 0 Å². The van der Waals surface area contributed by atoms with Crippen LogP contribution >= 0.6 is 0 Å². The third kappa shape index (κ3) is 5.26. The number of hydrogen-bond donors (Lipinski definition) is 3. The number of benzene rings is 3. The van der Waals surface area contributed by atoms with Gasteiger partial charge in [-0.25, -0.2) is 0 Å². The zero-order chi connectivity index (χ0) is 23.2. The number of anilines is 3. The highest BCUT2D eigenvalue weighted by atomic mass is 16.2. The summed E-state index contributed by atoms with van der Waals surface area (Å²) in [5.74, 6) is -0.131. The highest BCUT2D eigenvalue weighted by molar-refractivity contribution is 6.37. The van der Waals surface area contributed by atoms with Crippen LogP contribution in [0, 0.1) is 0 Å². The lowest BCUT2D eigenvalue weighted by atomic mass is 9.99. The molecular formula is C28H32N4O. The Balaban J connectivity index is 1.67. The van der Waals surface area contributed by atoms with E-state index in [2.05, 4.69) is 53.6 Å². The predicted molar refractivity (Wildman–Crippen MR) is 139 cm³/mol. The van der Waals surface area contributed by atoms with Gasteiger partial charge >= 0.3 is 0 Å². The average molecular weight is 441 g/mol. The summed E-state index contributed by atoms with van der Waals surface area (Å²) in [4.78, 5) is 15.5. The molecule has 1 amide bonds. The molecule has 0 bridgehead atoms. The van der Waals surface area contributed by atoms with Gasteiger partial charge in [-0.3, -0.25) is 9.69 Å². The van der Waals surface area contributed by atoms with Crippen LogP contribution in [0.4, 0.5) is 17.1 Å². The first-order valence-electron chi connectivity index (χ1n) is 11.7. The molecule has 0 aromatic heterocycles. The third-order valence-corrected chi connectivity index (χ3v) is 5.81. The minimum absolute atomic E-state index is 0.131. The molecular weight excluding hydrogens is 408 g/mol. The topological polar surface area (TPSA) is 70.4 Å². The van der Waals surface area contributed by atoms with Crippen LogP contribution in [0.3, 0.4) is 0 Å². The lowest BCUT2D eigenvalue weighted by Gasteiger charge is -2.21. The molecule has 3 aromatic rings. The Morgan fingerprint density at radius 1 is 0.939 bits per heavy atom. The van der Waals surface area contributed by atoms with E-state index in [0.29, 0.717) is 11.3 Å². The molecule has 170 valence electrons. The minimum Gasteiger partial charge on any atom is -0.399 e. The maximum Gasteiger partial charge on any atom is 0.258 e. The molecule has 0 unspecified atom stereocenters. The molecule has 0 radical (unpaired) electrons. The zero-order valence-corrected chi connectivity index (χ0v) is 19.4. The van der Waals surface area contributed by atoms with Crippen molar-refractivity contribution in [1.82, 2.24) is 4.90 Å². The van der Waals surface area contributed by atoms with E-state index in [1.165, 1.54) is 5.56 Å². The van der Waals surface area contributed by atoms with E-state index in [9.17, 15) is 4.79 Å². The highest BCUT2D eigenvalue weighted by Crippen LogP contribution is 2.38. The molecule has 0 spiro atoms. The smallest absolute Gasteiger partial charge is 0.258 e. The van der Waals surface area contributed by atoms with E-state index in [1.807, 2.05) is 42.5 Å². The molecule has 33 heavy (non-hydrogen) atoms. The normalized spacial score (nSPS) is 14.2. The summed E-state index contributed by atoms with van der Waals surface area (Å²) < 4.78 is 0. The monoisotopic (exact) mass is 440 g/mol. The number of rotatable bonds is 9. The van der Waals surface area contributed by atoms with E-state index >= 15 is 0 Å². The van der Waals surface area contributed by atoms with E-state index < -0.39 is 0 Å². The van der Waals surface area contributed by atoms with Crippen molar-refractivity contribution in [2.24, 2.45) is 0 Å². The lowest BCUT2D eigenvalue weighted by molar-refractivity contribution is -0.110. The van der Waals surface area contributed by atoms with Gasteiger partial charge in [0.1, 0.15) is 0 Å². The van der Waals surface area contributed by atoms with Crippen molar-refractivity contribution in [3.63, 3.8) is 0 Å². The van der Waals surface area contributed by atoms with Crippen molar-refractivity contribution >= 4 is 34.2 Å². The van der Waals surface area contributed by atoms with Crippen LogP contribution in [0.5, 0.6) is 0 Å². The fourth-order valence-corrected chi connectivity index (χ4v) is 4.32. The van der Waals surface area contributed by atoms with Crippen molar-refractivity contribution < 1.29 is 4.79 Å². The molecule has 0 fully saturated rings. The van der Waals surface area contributed by atoms with Gasteiger partial charge in [0, 0.05) is 29.2 Å². The summed E-state index contributed by atoms with van der Waals surface area (Å²) in [7, 11) is 0. The van der Waals surface area contributed by atoms with E-state index in [1.54, 1.807) is 6.07 Å². The Labute approximate surface area is 196 Å². The Hall–Kier alpha value is -3.57. The van der Waals surface area contributed by atoms with E-state index in [4.69, 9.17) is 5.73 Å². The molecule has 5 heteroatoms. The first-order chi connectivity index (χ1) is 16.1. The standard InChI is InChI=1S/C28H32N4O/c1-3-16-32(17-4-2)19-20-10-13-23(14-11-20)30-27(21-8-6-5-7-9-21)26-24-18-22(29)12-15-25(24)31-28(26)33/h5-15,18,30H,3-4,16-17,19,29H2,1-2H3,(H,31,33). The fourth-order valence-electron chi connectivity index (χ4n) is 4.32. The molecule has 5 nitrogen and oxygen atoms in total. The number of hydrogen-bond acceptors (Lipinski definition) is 4. The first-order valence-corrected chi connectivity index (χ1v) is 11.7. The maximum absolute atomic E-state index is 13.0. The molecule has 4 N–H and O–H groups in total. The van der Waals surface area contributed by atoms with Crippen LogP contribution in [0.1, 0.15) is 43.4 Å². The van der Waals surface area contributed by atoms with Gasteiger partial charge in [-0.15, -0.1) is 0 Å². The second kappa shape index (κ2) is 10.4. The summed E-state index contributed by atoms with van der Waals surface area (Å²) in [5, 5.41) is 6.49. The molecule has 0 atom stereocenters. The number of amides is 1. The molecule has 3 aromatic carbocycles. The van der Waals surface area contributed by atoms with Crippen LogP contribution in [0.25, 0.3) is 11.3 Å². The number of nitrogens with one attached hydrogen (secondary N) is 2. The minimum atomic E-state index is -0.131. The quantitative estimate of drug-likeness (QED) is 0.289. The zero-order valence-electron chi connectivity index (χ0n) is 19.4. The third-order valence-electron chi connectivity index (χ3n) is 5.81. The second-order valence-electron chi connectivity index (χ2n) is 8.47. The summed E-state index contributed by atoms with van der Waals surface area (Å²) in [6.45, 7) is 7.60. The summed E-state index contributed by atoms with van der Waals surface area (Å²) in [6, 6.07) is 23.9. The van der Waals surface area contributed by atoms with Crippen LogP contribution < -0.4 is 16.4 Å². The fraction of sp³-hybridized carbons (Fsp3) is 0.250. The molecule has 1 aliphatic heterocycles. The van der Waals surface area contributed by atoms with Crippen molar-refractivity contribution in [2.45, 2.75) is 33.2 Å². The number of fused-ring (bicyclic) bond motifs is 1. The van der Waals surface area contributed by atoms with Crippen LogP contribution in [0.15, 0.2) is 72.8 Å². The number of nitrogens with zero attached hydrogens (tertiary/aromatic N) is 1. The predicted octanol–water partition coefficient (Wildman–Crippen LogP) is 5.82. The Morgan fingerprint density at radius 2 is 1.64 bits per heavy atom.